The molecule has 3 aromatic heterocycles. The van der Waals surface area contributed by atoms with E-state index in [0.29, 0.717) is 23.0 Å². The number of nitrogens with zero attached hydrogens (tertiary/aromatic N) is 4. The summed E-state index contributed by atoms with van der Waals surface area (Å²) < 4.78 is 4.66. The molecule has 0 unspecified atom stereocenters. The predicted octanol–water partition coefficient (Wildman–Crippen LogP) is 2.93. The van der Waals surface area contributed by atoms with Gasteiger partial charge in [0.1, 0.15) is 11.5 Å². The van der Waals surface area contributed by atoms with Crippen LogP contribution in [0.4, 0.5) is 11.5 Å². The number of hydrogen-bond donors (Lipinski definition) is 3. The lowest BCUT2D eigenvalue weighted by atomic mass is 10.3. The summed E-state index contributed by atoms with van der Waals surface area (Å²) >= 11 is 5.89. The maximum atomic E-state index is 11.7. The number of carbonyl (C=O) groups excluding carboxylic acids is 1. The Bertz CT molecular complexity index is 1070. The number of rotatable bonds is 4. The van der Waals surface area contributed by atoms with Gasteiger partial charge in [0, 0.05) is 6.07 Å². The number of anilines is 2. The Morgan fingerprint density at radius 3 is 2.88 bits per heavy atom. The Balaban J connectivity index is 1.70. The van der Waals surface area contributed by atoms with Crippen LogP contribution in [-0.4, -0.2) is 43.2 Å². The largest absolute Gasteiger partial charge is 0.464 e. The van der Waals surface area contributed by atoms with Crippen LogP contribution in [0.25, 0.3) is 22.6 Å². The summed E-state index contributed by atoms with van der Waals surface area (Å²) in [7, 11) is 1.27. The molecule has 0 atom stereocenters. The third-order valence-corrected chi connectivity index (χ3v) is 3.79. The highest BCUT2D eigenvalue weighted by Gasteiger charge is 2.15. The van der Waals surface area contributed by atoms with Gasteiger partial charge in [-0.3, -0.25) is 5.10 Å². The first-order chi connectivity index (χ1) is 12.6. The molecule has 4 rings (SSSR count). The molecule has 0 saturated heterocycles. The summed E-state index contributed by atoms with van der Waals surface area (Å²) in [6, 6.07) is 9.12. The van der Waals surface area contributed by atoms with Crippen molar-refractivity contribution < 1.29 is 9.53 Å². The van der Waals surface area contributed by atoms with E-state index in [4.69, 9.17) is 11.6 Å². The Kier molecular flexibility index (Phi) is 3.98. The molecule has 0 amide bonds. The fourth-order valence-corrected chi connectivity index (χ4v) is 2.64. The van der Waals surface area contributed by atoms with E-state index in [1.54, 1.807) is 6.20 Å². The molecule has 0 radical (unpaired) electrons. The average molecular weight is 370 g/mol. The van der Waals surface area contributed by atoms with Gasteiger partial charge in [0.05, 0.1) is 30.0 Å². The number of H-pyrrole nitrogens is 2. The van der Waals surface area contributed by atoms with Gasteiger partial charge in [0.15, 0.2) is 11.5 Å². The van der Waals surface area contributed by atoms with E-state index < -0.39 is 5.97 Å². The number of imidazole rings is 1. The van der Waals surface area contributed by atoms with E-state index in [9.17, 15) is 4.79 Å². The number of aromatic nitrogens is 6. The highest BCUT2D eigenvalue weighted by atomic mass is 35.5. The molecule has 0 fully saturated rings. The first-order valence-corrected chi connectivity index (χ1v) is 7.90. The van der Waals surface area contributed by atoms with E-state index in [1.165, 1.54) is 13.2 Å². The number of ether oxygens (including phenoxy) is 1. The third kappa shape index (κ3) is 2.95. The smallest absolute Gasteiger partial charge is 0.356 e. The van der Waals surface area contributed by atoms with Gasteiger partial charge in [-0.05, 0) is 23.7 Å². The zero-order chi connectivity index (χ0) is 18.1. The van der Waals surface area contributed by atoms with Crippen LogP contribution in [0.15, 0.2) is 36.5 Å². The summed E-state index contributed by atoms with van der Waals surface area (Å²) in [5.41, 5.74) is 3.02. The van der Waals surface area contributed by atoms with Crippen molar-refractivity contribution in [3.05, 3.63) is 47.5 Å². The van der Waals surface area contributed by atoms with Gasteiger partial charge in [0.2, 0.25) is 5.28 Å². The average Bonchev–Trinajstić information content (AvgIpc) is 3.26. The van der Waals surface area contributed by atoms with E-state index in [2.05, 4.69) is 40.2 Å². The zero-order valence-electron chi connectivity index (χ0n) is 13.4. The fourth-order valence-electron chi connectivity index (χ4n) is 2.46. The van der Waals surface area contributed by atoms with Crippen molar-refractivity contribution in [2.75, 3.05) is 12.4 Å². The number of para-hydroxylation sites is 2. The van der Waals surface area contributed by atoms with Crippen molar-refractivity contribution in [1.82, 2.24) is 30.1 Å². The minimum Gasteiger partial charge on any atom is -0.464 e. The molecule has 26 heavy (non-hydrogen) atoms. The van der Waals surface area contributed by atoms with Gasteiger partial charge in [-0.2, -0.15) is 5.10 Å². The second-order valence-corrected chi connectivity index (χ2v) is 5.62. The third-order valence-electron chi connectivity index (χ3n) is 3.62. The minimum atomic E-state index is -0.609. The maximum absolute atomic E-state index is 11.7. The number of methoxy groups -OCH3 is 1. The zero-order valence-corrected chi connectivity index (χ0v) is 14.2. The molecule has 0 spiro atoms. The van der Waals surface area contributed by atoms with Gasteiger partial charge in [-0.1, -0.05) is 12.1 Å². The number of benzene rings is 1. The van der Waals surface area contributed by atoms with Crippen LogP contribution < -0.4 is 5.32 Å². The number of halogens is 1. The van der Waals surface area contributed by atoms with Crippen molar-refractivity contribution in [2.45, 2.75) is 0 Å². The van der Waals surface area contributed by atoms with Crippen LogP contribution in [0.1, 0.15) is 10.5 Å². The normalized spacial score (nSPS) is 10.8. The van der Waals surface area contributed by atoms with E-state index >= 15 is 0 Å². The summed E-state index contributed by atoms with van der Waals surface area (Å²) in [6.07, 6.45) is 1.58. The summed E-state index contributed by atoms with van der Waals surface area (Å²) in [5.74, 6) is 0.325. The summed E-state index contributed by atoms with van der Waals surface area (Å²) in [6.45, 7) is 0. The number of aromatic amines is 2. The molecule has 1 aromatic carbocycles. The van der Waals surface area contributed by atoms with Crippen LogP contribution in [0.2, 0.25) is 5.28 Å². The molecule has 9 nitrogen and oxygen atoms in total. The number of hydrogen-bond acceptors (Lipinski definition) is 7. The van der Waals surface area contributed by atoms with Crippen LogP contribution in [0.3, 0.4) is 0 Å². The van der Waals surface area contributed by atoms with Crippen LogP contribution in [0.5, 0.6) is 0 Å². The topological polar surface area (TPSA) is 121 Å². The van der Waals surface area contributed by atoms with Crippen LogP contribution in [0, 0.1) is 0 Å². The first-order valence-electron chi connectivity index (χ1n) is 7.52. The molecule has 10 heteroatoms. The highest BCUT2D eigenvalue weighted by Crippen LogP contribution is 2.27. The lowest BCUT2D eigenvalue weighted by Gasteiger charge is -2.06. The Hall–Kier alpha value is -3.46. The van der Waals surface area contributed by atoms with Gasteiger partial charge < -0.3 is 15.0 Å². The van der Waals surface area contributed by atoms with Crippen molar-refractivity contribution in [3.8, 4) is 11.5 Å². The summed E-state index contributed by atoms with van der Waals surface area (Å²) in [5, 5.41) is 9.92. The molecule has 3 N–H and O–H groups in total. The molecule has 0 aliphatic heterocycles. The molecular weight excluding hydrogens is 358 g/mol. The number of nitrogens with one attached hydrogen (secondary N) is 3. The van der Waals surface area contributed by atoms with Gasteiger partial charge in [0.25, 0.3) is 0 Å². The fraction of sp³-hybridized carbons (Fsp3) is 0.0625. The van der Waals surface area contributed by atoms with Gasteiger partial charge in [-0.25, -0.2) is 19.7 Å². The molecule has 0 bridgehead atoms. The molecule has 0 aliphatic carbocycles. The molecule has 0 saturated carbocycles. The Labute approximate surface area is 151 Å². The van der Waals surface area contributed by atoms with E-state index in [0.717, 1.165) is 11.0 Å². The molecule has 4 aromatic rings. The number of carbonyl (C=O) groups is 1. The second kappa shape index (κ2) is 6.45. The quantitative estimate of drug-likeness (QED) is 0.373. The molecule has 130 valence electrons. The molecular formula is C16H12ClN7O2. The standard InChI is InChI=1S/C16H12ClN7O2/c1-26-15(25)10-6-12(23-16(17)22-10)19-11-7-18-24-13(11)14-20-8-4-2-3-5-9(8)21-14/h2-7H,1H3,(H,18,24)(H,20,21)(H,19,22,23). The number of fused-ring (bicyclic) bond motifs is 1. The van der Waals surface area contributed by atoms with Crippen LogP contribution in [-0.2, 0) is 4.74 Å². The second-order valence-electron chi connectivity index (χ2n) is 5.29. The van der Waals surface area contributed by atoms with Crippen molar-refractivity contribution in [2.24, 2.45) is 0 Å². The monoisotopic (exact) mass is 369 g/mol. The Morgan fingerprint density at radius 2 is 2.08 bits per heavy atom. The van der Waals surface area contributed by atoms with Gasteiger partial charge >= 0.3 is 5.97 Å². The lowest BCUT2D eigenvalue weighted by Crippen LogP contribution is -2.07. The van der Waals surface area contributed by atoms with E-state index in [1.807, 2.05) is 24.3 Å². The minimum absolute atomic E-state index is 0.0452. The molecule has 3 heterocycles. The summed E-state index contributed by atoms with van der Waals surface area (Å²) in [4.78, 5) is 27.3. The highest BCUT2D eigenvalue weighted by molar-refractivity contribution is 6.28. The SMILES string of the molecule is COC(=O)c1cc(Nc2cn[nH]c2-c2nc3ccccc3[nH]2)nc(Cl)n1. The lowest BCUT2D eigenvalue weighted by molar-refractivity contribution is 0.0594. The number of esters is 1. The van der Waals surface area contributed by atoms with Crippen LogP contribution >= 0.6 is 11.6 Å². The Morgan fingerprint density at radius 1 is 1.23 bits per heavy atom. The maximum Gasteiger partial charge on any atom is 0.356 e. The van der Waals surface area contributed by atoms with Gasteiger partial charge in [-0.15, -0.1) is 0 Å². The predicted molar refractivity (Wildman–Crippen MR) is 95.3 cm³/mol. The van der Waals surface area contributed by atoms with Crippen molar-refractivity contribution >= 4 is 40.1 Å². The van der Waals surface area contributed by atoms with Crippen molar-refractivity contribution in [3.63, 3.8) is 0 Å². The van der Waals surface area contributed by atoms with E-state index in [-0.39, 0.29) is 11.0 Å². The van der Waals surface area contributed by atoms with Crippen molar-refractivity contribution in [1.29, 1.82) is 0 Å². The first kappa shape index (κ1) is 16.0. The molecule has 0 aliphatic rings.